The lowest BCUT2D eigenvalue weighted by molar-refractivity contribution is 0.0243. The first kappa shape index (κ1) is 16.0. The Morgan fingerprint density at radius 2 is 2.33 bits per heavy atom. The maximum absolute atomic E-state index is 5.78. The van der Waals surface area contributed by atoms with Gasteiger partial charge < -0.3 is 15.4 Å². The second kappa shape index (κ2) is 7.61. The number of ether oxygens (including phenoxy) is 1. The van der Waals surface area contributed by atoms with Gasteiger partial charge in [-0.15, -0.1) is 0 Å². The molecule has 0 aromatic carbocycles. The normalized spacial score (nSPS) is 22.3. The highest BCUT2D eigenvalue weighted by molar-refractivity contribution is 6.29. The van der Waals surface area contributed by atoms with Gasteiger partial charge in [0.1, 0.15) is 5.15 Å². The zero-order valence-electron chi connectivity index (χ0n) is 12.7. The van der Waals surface area contributed by atoms with E-state index in [1.165, 1.54) is 0 Å². The van der Waals surface area contributed by atoms with Crippen LogP contribution in [0.2, 0.25) is 5.15 Å². The van der Waals surface area contributed by atoms with Crippen molar-refractivity contribution in [3.05, 3.63) is 29.0 Å². The molecule has 1 fully saturated rings. The molecule has 1 aliphatic heterocycles. The Labute approximate surface area is 131 Å². The molecule has 21 heavy (non-hydrogen) atoms. The van der Waals surface area contributed by atoms with E-state index in [-0.39, 0.29) is 5.60 Å². The van der Waals surface area contributed by atoms with Crippen LogP contribution >= 0.6 is 11.6 Å². The molecule has 1 aromatic rings. The van der Waals surface area contributed by atoms with Gasteiger partial charge in [0, 0.05) is 25.9 Å². The van der Waals surface area contributed by atoms with Crippen LogP contribution in [0.25, 0.3) is 0 Å². The molecule has 116 valence electrons. The minimum atomic E-state index is -0.0853. The van der Waals surface area contributed by atoms with Crippen LogP contribution in [0.15, 0.2) is 23.3 Å². The Bertz CT molecular complexity index is 469. The quantitative estimate of drug-likeness (QED) is 0.498. The number of halogens is 1. The van der Waals surface area contributed by atoms with Crippen molar-refractivity contribution in [2.24, 2.45) is 4.99 Å². The van der Waals surface area contributed by atoms with Crippen LogP contribution in [-0.2, 0) is 11.3 Å². The molecule has 1 atom stereocenters. The third-order valence-corrected chi connectivity index (χ3v) is 3.71. The van der Waals surface area contributed by atoms with Crippen molar-refractivity contribution >= 4 is 17.6 Å². The maximum atomic E-state index is 5.78. The van der Waals surface area contributed by atoms with E-state index >= 15 is 0 Å². The van der Waals surface area contributed by atoms with Crippen LogP contribution in [0.1, 0.15) is 32.3 Å². The highest BCUT2D eigenvalue weighted by Gasteiger charge is 2.29. The van der Waals surface area contributed by atoms with Crippen molar-refractivity contribution in [2.45, 2.75) is 38.8 Å². The zero-order chi connectivity index (χ0) is 15.1. The number of nitrogens with one attached hydrogen (secondary N) is 2. The van der Waals surface area contributed by atoms with Crippen molar-refractivity contribution in [2.75, 3.05) is 19.7 Å². The summed E-state index contributed by atoms with van der Waals surface area (Å²) < 4.78 is 5.77. The Morgan fingerprint density at radius 3 is 2.95 bits per heavy atom. The third-order valence-electron chi connectivity index (χ3n) is 3.48. The molecular formula is C15H23ClN4O. The minimum absolute atomic E-state index is 0.0853. The van der Waals surface area contributed by atoms with E-state index in [2.05, 4.69) is 34.5 Å². The Kier molecular flexibility index (Phi) is 5.82. The summed E-state index contributed by atoms with van der Waals surface area (Å²) in [5, 5.41) is 7.09. The lowest BCUT2D eigenvalue weighted by Gasteiger charge is -2.24. The number of pyridine rings is 1. The van der Waals surface area contributed by atoms with Gasteiger partial charge in [-0.1, -0.05) is 17.7 Å². The first-order chi connectivity index (χ1) is 10.1. The van der Waals surface area contributed by atoms with Crippen molar-refractivity contribution in [3.8, 4) is 0 Å². The smallest absolute Gasteiger partial charge is 0.191 e. The first-order valence-corrected chi connectivity index (χ1v) is 7.76. The molecule has 1 aromatic heterocycles. The summed E-state index contributed by atoms with van der Waals surface area (Å²) in [6, 6.07) is 3.71. The highest BCUT2D eigenvalue weighted by Crippen LogP contribution is 2.23. The summed E-state index contributed by atoms with van der Waals surface area (Å²) in [7, 11) is 0. The SMILES string of the molecule is CCNC(=NCc1ccc(Cl)nc1)NCC1(C)CCCO1. The molecule has 0 radical (unpaired) electrons. The summed E-state index contributed by atoms with van der Waals surface area (Å²) in [4.78, 5) is 8.62. The molecule has 1 unspecified atom stereocenters. The van der Waals surface area contributed by atoms with Gasteiger partial charge in [-0.3, -0.25) is 0 Å². The molecule has 0 bridgehead atoms. The maximum Gasteiger partial charge on any atom is 0.191 e. The highest BCUT2D eigenvalue weighted by atomic mass is 35.5. The largest absolute Gasteiger partial charge is 0.373 e. The van der Waals surface area contributed by atoms with Crippen LogP contribution in [-0.4, -0.2) is 36.2 Å². The van der Waals surface area contributed by atoms with Gasteiger partial charge in [-0.05, 0) is 38.3 Å². The number of nitrogens with zero attached hydrogens (tertiary/aromatic N) is 2. The van der Waals surface area contributed by atoms with Crippen LogP contribution in [0.3, 0.4) is 0 Å². The average Bonchev–Trinajstić information content (AvgIpc) is 2.91. The van der Waals surface area contributed by atoms with Gasteiger partial charge in [0.25, 0.3) is 0 Å². The molecule has 0 aliphatic carbocycles. The monoisotopic (exact) mass is 310 g/mol. The van der Waals surface area contributed by atoms with Crippen LogP contribution in [0.5, 0.6) is 0 Å². The minimum Gasteiger partial charge on any atom is -0.373 e. The predicted octanol–water partition coefficient (Wildman–Crippen LogP) is 2.36. The molecule has 0 amide bonds. The first-order valence-electron chi connectivity index (χ1n) is 7.38. The molecule has 5 nitrogen and oxygen atoms in total. The fourth-order valence-electron chi connectivity index (χ4n) is 2.26. The van der Waals surface area contributed by atoms with E-state index in [4.69, 9.17) is 16.3 Å². The molecule has 2 rings (SSSR count). The zero-order valence-corrected chi connectivity index (χ0v) is 13.4. The number of aromatic nitrogens is 1. The molecule has 2 heterocycles. The molecular weight excluding hydrogens is 288 g/mol. The van der Waals surface area contributed by atoms with E-state index < -0.39 is 0 Å². The lowest BCUT2D eigenvalue weighted by atomic mass is 10.0. The molecule has 1 saturated heterocycles. The number of hydrogen-bond donors (Lipinski definition) is 2. The Hall–Kier alpha value is -1.33. The Morgan fingerprint density at radius 1 is 1.48 bits per heavy atom. The average molecular weight is 311 g/mol. The van der Waals surface area contributed by atoms with Gasteiger partial charge in [-0.2, -0.15) is 0 Å². The summed E-state index contributed by atoms with van der Waals surface area (Å²) in [6.45, 7) is 7.19. The van der Waals surface area contributed by atoms with Crippen molar-refractivity contribution in [1.82, 2.24) is 15.6 Å². The van der Waals surface area contributed by atoms with E-state index in [1.54, 1.807) is 12.3 Å². The van der Waals surface area contributed by atoms with Gasteiger partial charge in [-0.25, -0.2) is 9.98 Å². The lowest BCUT2D eigenvalue weighted by Crippen LogP contribution is -2.45. The summed E-state index contributed by atoms with van der Waals surface area (Å²) in [6.07, 6.45) is 3.96. The molecule has 0 saturated carbocycles. The van der Waals surface area contributed by atoms with E-state index in [0.29, 0.717) is 11.7 Å². The number of guanidine groups is 1. The summed E-state index contributed by atoms with van der Waals surface area (Å²) >= 11 is 5.78. The second-order valence-electron chi connectivity index (χ2n) is 5.44. The molecule has 0 spiro atoms. The molecule has 6 heteroatoms. The topological polar surface area (TPSA) is 58.5 Å². The Balaban J connectivity index is 1.90. The number of rotatable bonds is 5. The number of aliphatic imine (C=N–C) groups is 1. The van der Waals surface area contributed by atoms with Gasteiger partial charge in [0.15, 0.2) is 5.96 Å². The van der Waals surface area contributed by atoms with Crippen molar-refractivity contribution in [1.29, 1.82) is 0 Å². The molecule has 1 aliphatic rings. The van der Waals surface area contributed by atoms with Crippen LogP contribution in [0.4, 0.5) is 0 Å². The van der Waals surface area contributed by atoms with E-state index in [9.17, 15) is 0 Å². The fourth-order valence-corrected chi connectivity index (χ4v) is 2.37. The summed E-state index contributed by atoms with van der Waals surface area (Å²) in [5.74, 6) is 0.796. The number of hydrogen-bond acceptors (Lipinski definition) is 3. The fraction of sp³-hybridized carbons (Fsp3) is 0.600. The van der Waals surface area contributed by atoms with Crippen molar-refractivity contribution in [3.63, 3.8) is 0 Å². The standard InChI is InChI=1S/C15H23ClN4O/c1-3-17-14(20-11-15(2)7-4-8-21-15)19-10-12-5-6-13(16)18-9-12/h5-6,9H,3-4,7-8,10-11H2,1-2H3,(H2,17,19,20). The van der Waals surface area contributed by atoms with Gasteiger partial charge >= 0.3 is 0 Å². The van der Waals surface area contributed by atoms with Crippen LogP contribution in [0, 0.1) is 0 Å². The summed E-state index contributed by atoms with van der Waals surface area (Å²) in [5.41, 5.74) is 0.942. The van der Waals surface area contributed by atoms with Crippen molar-refractivity contribution < 1.29 is 4.74 Å². The third kappa shape index (κ3) is 5.17. The van der Waals surface area contributed by atoms with E-state index in [0.717, 1.165) is 44.1 Å². The van der Waals surface area contributed by atoms with E-state index in [1.807, 2.05) is 6.07 Å². The van der Waals surface area contributed by atoms with Gasteiger partial charge in [0.05, 0.1) is 12.1 Å². The van der Waals surface area contributed by atoms with Crippen LogP contribution < -0.4 is 10.6 Å². The molecule has 2 N–H and O–H groups in total. The second-order valence-corrected chi connectivity index (χ2v) is 5.83. The van der Waals surface area contributed by atoms with Gasteiger partial charge in [0.2, 0.25) is 0 Å². The predicted molar refractivity (Wildman–Crippen MR) is 85.7 cm³/mol.